The van der Waals surface area contributed by atoms with Crippen molar-refractivity contribution in [1.82, 2.24) is 0 Å². The minimum atomic E-state index is -0.905. The van der Waals surface area contributed by atoms with Gasteiger partial charge in [-0.1, -0.05) is 0 Å². The van der Waals surface area contributed by atoms with Crippen LogP contribution in [0.4, 0.5) is 20.2 Å². The van der Waals surface area contributed by atoms with Crippen molar-refractivity contribution in [3.63, 3.8) is 0 Å². The highest BCUT2D eigenvalue weighted by atomic mass is 19.1. The SMILES string of the molecule is O=[N+]([O-])c1cc(F)c(N2CCC(CCO)CC2)c(F)c1. The number of non-ortho nitro benzene ring substituents is 1. The number of aliphatic hydroxyl groups is 1. The molecule has 2 rings (SSSR count). The number of hydrogen-bond acceptors (Lipinski definition) is 4. The van der Waals surface area contributed by atoms with E-state index in [0.717, 1.165) is 25.0 Å². The summed E-state index contributed by atoms with van der Waals surface area (Å²) in [4.78, 5) is 11.3. The summed E-state index contributed by atoms with van der Waals surface area (Å²) in [6.45, 7) is 1.08. The molecule has 20 heavy (non-hydrogen) atoms. The zero-order valence-corrected chi connectivity index (χ0v) is 10.9. The lowest BCUT2D eigenvalue weighted by atomic mass is 9.93. The van der Waals surface area contributed by atoms with Crippen molar-refractivity contribution in [2.45, 2.75) is 19.3 Å². The Balaban J connectivity index is 2.16. The number of halogens is 2. The maximum atomic E-state index is 13.9. The molecule has 1 aliphatic heterocycles. The van der Waals surface area contributed by atoms with Crippen LogP contribution in [0.1, 0.15) is 19.3 Å². The minimum Gasteiger partial charge on any atom is -0.396 e. The van der Waals surface area contributed by atoms with Crippen molar-refractivity contribution >= 4 is 11.4 Å². The molecule has 5 nitrogen and oxygen atoms in total. The monoisotopic (exact) mass is 286 g/mol. The number of nitro benzene ring substituents is 1. The Bertz CT molecular complexity index is 479. The van der Waals surface area contributed by atoms with E-state index in [-0.39, 0.29) is 12.3 Å². The topological polar surface area (TPSA) is 66.6 Å². The van der Waals surface area contributed by atoms with Gasteiger partial charge in [0.2, 0.25) is 0 Å². The van der Waals surface area contributed by atoms with E-state index < -0.39 is 22.2 Å². The number of aliphatic hydroxyl groups excluding tert-OH is 1. The van der Waals surface area contributed by atoms with Gasteiger partial charge in [0, 0.05) is 19.7 Å². The molecule has 0 atom stereocenters. The van der Waals surface area contributed by atoms with Gasteiger partial charge in [-0.15, -0.1) is 0 Å². The van der Waals surface area contributed by atoms with Crippen molar-refractivity contribution in [3.05, 3.63) is 33.9 Å². The Morgan fingerprint density at radius 2 is 1.85 bits per heavy atom. The Hall–Kier alpha value is -1.76. The highest BCUT2D eigenvalue weighted by Crippen LogP contribution is 2.31. The van der Waals surface area contributed by atoms with Crippen LogP contribution in [-0.4, -0.2) is 29.7 Å². The van der Waals surface area contributed by atoms with E-state index in [1.165, 1.54) is 0 Å². The van der Waals surface area contributed by atoms with Crippen LogP contribution in [0.5, 0.6) is 0 Å². The summed E-state index contributed by atoms with van der Waals surface area (Å²) in [5.41, 5.74) is -0.781. The number of nitro groups is 1. The summed E-state index contributed by atoms with van der Waals surface area (Å²) in [5.74, 6) is -1.45. The lowest BCUT2D eigenvalue weighted by Gasteiger charge is -2.33. The Labute approximate surface area is 115 Å². The smallest absolute Gasteiger partial charge is 0.275 e. The van der Waals surface area contributed by atoms with E-state index in [1.54, 1.807) is 4.90 Å². The zero-order valence-electron chi connectivity index (χ0n) is 10.9. The molecule has 0 saturated carbocycles. The summed E-state index contributed by atoms with van der Waals surface area (Å²) in [6.07, 6.45) is 2.19. The highest BCUT2D eigenvalue weighted by molar-refractivity contribution is 5.54. The van der Waals surface area contributed by atoms with E-state index in [2.05, 4.69) is 0 Å². The van der Waals surface area contributed by atoms with Gasteiger partial charge in [0.25, 0.3) is 5.69 Å². The second-order valence-corrected chi connectivity index (χ2v) is 4.96. The van der Waals surface area contributed by atoms with E-state index in [4.69, 9.17) is 5.11 Å². The Morgan fingerprint density at radius 3 is 2.30 bits per heavy atom. The fourth-order valence-corrected chi connectivity index (χ4v) is 2.59. The predicted octanol–water partition coefficient (Wildman–Crippen LogP) is 2.47. The second-order valence-electron chi connectivity index (χ2n) is 4.96. The van der Waals surface area contributed by atoms with Crippen LogP contribution in [0.15, 0.2) is 12.1 Å². The first-order valence-corrected chi connectivity index (χ1v) is 6.52. The molecule has 1 aromatic rings. The largest absolute Gasteiger partial charge is 0.396 e. The van der Waals surface area contributed by atoms with Crippen LogP contribution in [0.2, 0.25) is 0 Å². The number of anilines is 1. The Morgan fingerprint density at radius 1 is 1.30 bits per heavy atom. The van der Waals surface area contributed by atoms with Gasteiger partial charge in [-0.3, -0.25) is 10.1 Å². The average Bonchev–Trinajstić information content (AvgIpc) is 2.40. The van der Waals surface area contributed by atoms with Gasteiger partial charge in [0.05, 0.1) is 17.1 Å². The molecule has 1 saturated heterocycles. The lowest BCUT2D eigenvalue weighted by Crippen LogP contribution is -2.35. The minimum absolute atomic E-state index is 0.116. The van der Waals surface area contributed by atoms with E-state index in [9.17, 15) is 18.9 Å². The molecule has 1 heterocycles. The average molecular weight is 286 g/mol. The van der Waals surface area contributed by atoms with Gasteiger partial charge >= 0.3 is 0 Å². The van der Waals surface area contributed by atoms with Crippen LogP contribution in [0, 0.1) is 27.7 Å². The molecule has 0 radical (unpaired) electrons. The maximum absolute atomic E-state index is 13.9. The quantitative estimate of drug-likeness (QED) is 0.682. The predicted molar refractivity (Wildman–Crippen MR) is 69.7 cm³/mol. The van der Waals surface area contributed by atoms with E-state index >= 15 is 0 Å². The summed E-state index contributed by atoms with van der Waals surface area (Å²) >= 11 is 0. The van der Waals surface area contributed by atoms with Gasteiger partial charge in [0.1, 0.15) is 5.69 Å². The highest BCUT2D eigenvalue weighted by Gasteiger charge is 2.25. The zero-order chi connectivity index (χ0) is 14.7. The maximum Gasteiger partial charge on any atom is 0.275 e. The molecule has 1 aliphatic rings. The van der Waals surface area contributed by atoms with Gasteiger partial charge in [-0.2, -0.15) is 0 Å². The van der Waals surface area contributed by atoms with Gasteiger partial charge < -0.3 is 10.0 Å². The number of rotatable bonds is 4. The summed E-state index contributed by atoms with van der Waals surface area (Å²) < 4.78 is 27.7. The molecular formula is C13H16F2N2O3. The van der Waals surface area contributed by atoms with Crippen molar-refractivity contribution in [3.8, 4) is 0 Å². The van der Waals surface area contributed by atoms with E-state index in [0.29, 0.717) is 25.4 Å². The van der Waals surface area contributed by atoms with Gasteiger partial charge in [-0.05, 0) is 25.2 Å². The third-order valence-electron chi connectivity index (χ3n) is 3.68. The molecule has 1 fully saturated rings. The standard InChI is InChI=1S/C13H16F2N2O3/c14-11-7-10(17(19)20)8-12(15)13(11)16-4-1-9(2-5-16)3-6-18/h7-9,18H,1-6H2. The molecule has 1 aromatic carbocycles. The van der Waals surface area contributed by atoms with Crippen molar-refractivity contribution in [1.29, 1.82) is 0 Å². The molecule has 7 heteroatoms. The lowest BCUT2D eigenvalue weighted by molar-refractivity contribution is -0.385. The first-order chi connectivity index (χ1) is 9.52. The van der Waals surface area contributed by atoms with Crippen LogP contribution in [0.3, 0.4) is 0 Å². The number of nitrogens with zero attached hydrogens (tertiary/aromatic N) is 2. The summed E-state index contributed by atoms with van der Waals surface area (Å²) in [7, 11) is 0. The molecule has 0 aliphatic carbocycles. The molecule has 110 valence electrons. The molecule has 0 bridgehead atoms. The summed E-state index contributed by atoms with van der Waals surface area (Å²) in [5, 5.41) is 19.4. The van der Waals surface area contributed by atoms with Crippen molar-refractivity contribution in [2.24, 2.45) is 5.92 Å². The van der Waals surface area contributed by atoms with Crippen LogP contribution < -0.4 is 4.90 Å². The number of benzene rings is 1. The van der Waals surface area contributed by atoms with Crippen LogP contribution >= 0.6 is 0 Å². The third kappa shape index (κ3) is 3.04. The van der Waals surface area contributed by atoms with Crippen molar-refractivity contribution < 1.29 is 18.8 Å². The molecular weight excluding hydrogens is 270 g/mol. The van der Waals surface area contributed by atoms with Crippen molar-refractivity contribution in [2.75, 3.05) is 24.6 Å². The fraction of sp³-hybridized carbons (Fsp3) is 0.538. The Kier molecular flexibility index (Phi) is 4.49. The first kappa shape index (κ1) is 14.6. The van der Waals surface area contributed by atoms with Crippen LogP contribution in [0.25, 0.3) is 0 Å². The molecule has 0 spiro atoms. The first-order valence-electron chi connectivity index (χ1n) is 6.52. The van der Waals surface area contributed by atoms with E-state index in [1.807, 2.05) is 0 Å². The normalized spacial score (nSPS) is 16.4. The number of hydrogen-bond donors (Lipinski definition) is 1. The molecule has 0 aromatic heterocycles. The van der Waals surface area contributed by atoms with Gasteiger partial charge in [-0.25, -0.2) is 8.78 Å². The number of piperidine rings is 1. The summed E-state index contributed by atoms with van der Waals surface area (Å²) in [6, 6.07) is 1.50. The fourth-order valence-electron chi connectivity index (χ4n) is 2.59. The second kappa shape index (κ2) is 6.13. The third-order valence-corrected chi connectivity index (χ3v) is 3.68. The molecule has 1 N–H and O–H groups in total. The molecule has 0 unspecified atom stereocenters. The van der Waals surface area contributed by atoms with Gasteiger partial charge in [0.15, 0.2) is 11.6 Å². The van der Waals surface area contributed by atoms with Crippen LogP contribution in [-0.2, 0) is 0 Å². The molecule has 0 amide bonds.